The second kappa shape index (κ2) is 12.2. The first-order valence-electron chi connectivity index (χ1n) is 14.2. The van der Waals surface area contributed by atoms with Crippen LogP contribution in [-0.4, -0.2) is 32.2 Å². The Morgan fingerprint density at radius 1 is 0.880 bits per heavy atom. The molecule has 18 heteroatoms. The fourth-order valence-electron chi connectivity index (χ4n) is 5.55. The standard InChI is InChI=1S/C32H16N6O8S4/c1-11-15(9-33)27-35-7-5-18(42)38(27)30(44)20(11)32-49-25-21(45-13(3)39)23-24(22(26(25)50-32)46-14(4)40)48-31(47-23)19-12(2)16(10-34)29(43)37-8-6-17(41)36-28(19)37/h5-8H,1-4H3/p+1. The summed E-state index contributed by atoms with van der Waals surface area (Å²) in [6.07, 6.45) is 2.49. The number of hydrogen-bond donors (Lipinski definition) is 1. The first-order valence-corrected chi connectivity index (χ1v) is 17.5. The molecule has 4 aromatic rings. The summed E-state index contributed by atoms with van der Waals surface area (Å²) >= 11 is 4.30. The van der Waals surface area contributed by atoms with Crippen molar-refractivity contribution >= 4 is 80.4 Å². The molecule has 0 fully saturated rings. The molecule has 0 saturated heterocycles. The van der Waals surface area contributed by atoms with Gasteiger partial charge in [0.25, 0.3) is 16.9 Å². The summed E-state index contributed by atoms with van der Waals surface area (Å²) in [7, 11) is 0. The zero-order valence-electron chi connectivity index (χ0n) is 25.9. The number of benzene rings is 1. The van der Waals surface area contributed by atoms with E-state index in [0.29, 0.717) is 39.2 Å². The van der Waals surface area contributed by atoms with Crippen molar-refractivity contribution in [3.05, 3.63) is 93.1 Å². The Hall–Kier alpha value is -5.40. The zero-order chi connectivity index (χ0) is 35.8. The molecule has 0 saturated carbocycles. The van der Waals surface area contributed by atoms with Crippen LogP contribution < -0.4 is 35.9 Å². The van der Waals surface area contributed by atoms with Gasteiger partial charge in [0.15, 0.2) is 17.1 Å². The summed E-state index contributed by atoms with van der Waals surface area (Å²) in [6.45, 7) is 5.56. The van der Waals surface area contributed by atoms with Crippen LogP contribution in [0.3, 0.4) is 0 Å². The molecule has 50 heavy (non-hydrogen) atoms. The highest BCUT2D eigenvalue weighted by Gasteiger charge is 2.42. The van der Waals surface area contributed by atoms with Gasteiger partial charge in [-0.2, -0.15) is 15.1 Å². The fraction of sp³-hybridized carbons (Fsp3) is 0.125. The molecule has 0 spiro atoms. The number of fused-ring (bicyclic) bond motifs is 4. The number of pyridine rings is 1. The Bertz CT molecular complexity index is 2700. The zero-order valence-corrected chi connectivity index (χ0v) is 29.2. The third-order valence-electron chi connectivity index (χ3n) is 7.65. The van der Waals surface area contributed by atoms with Crippen LogP contribution in [-0.2, 0) is 9.59 Å². The van der Waals surface area contributed by atoms with E-state index >= 15 is 0 Å². The summed E-state index contributed by atoms with van der Waals surface area (Å²) in [4.78, 5) is 85.4. The number of carbonyl (C=O) groups is 3. The number of aromatic nitrogens is 4. The van der Waals surface area contributed by atoms with Gasteiger partial charge >= 0.3 is 23.4 Å². The Kier molecular flexibility index (Phi) is 8.07. The maximum absolute atomic E-state index is 13.9. The molecule has 3 aromatic heterocycles. The second-order valence-corrected chi connectivity index (χ2v) is 15.3. The quantitative estimate of drug-likeness (QED) is 0.178. The molecule has 14 nitrogen and oxygen atoms in total. The van der Waals surface area contributed by atoms with Crippen LogP contribution in [0.4, 0.5) is 0 Å². The minimum absolute atomic E-state index is 0.0227. The van der Waals surface area contributed by atoms with Crippen molar-refractivity contribution in [2.75, 3.05) is 0 Å². The third kappa shape index (κ3) is 4.99. The third-order valence-corrected chi connectivity index (χ3v) is 12.8. The highest BCUT2D eigenvalue weighted by molar-refractivity contribution is 8.32. The van der Waals surface area contributed by atoms with E-state index in [1.165, 1.54) is 26.2 Å². The summed E-state index contributed by atoms with van der Waals surface area (Å²) < 4.78 is 14.4. The second-order valence-electron chi connectivity index (χ2n) is 10.7. The molecule has 3 aliphatic heterocycles. The van der Waals surface area contributed by atoms with E-state index in [0.717, 1.165) is 68.1 Å². The van der Waals surface area contributed by atoms with Crippen LogP contribution in [0.5, 0.6) is 11.5 Å². The molecule has 0 bridgehead atoms. The summed E-state index contributed by atoms with van der Waals surface area (Å²) in [5.41, 5.74) is -1.14. The smallest absolute Gasteiger partial charge is 0.356 e. The Balaban J connectivity index is 1.52. The Morgan fingerprint density at radius 3 is 2.00 bits per heavy atom. The molecule has 1 aromatic carbocycles. The summed E-state index contributed by atoms with van der Waals surface area (Å²) in [5.74, 6) is -1.66. The van der Waals surface area contributed by atoms with Gasteiger partial charge in [-0.3, -0.25) is 19.2 Å². The van der Waals surface area contributed by atoms with Crippen molar-refractivity contribution in [1.82, 2.24) is 14.4 Å². The van der Waals surface area contributed by atoms with Gasteiger partial charge in [-0.25, -0.2) is 24.0 Å². The average molecular weight is 742 g/mol. The van der Waals surface area contributed by atoms with E-state index in [-0.39, 0.29) is 44.9 Å². The molecule has 0 amide bonds. The number of hydrogen-bond acceptors (Lipinski definition) is 15. The number of esters is 2. The Morgan fingerprint density at radius 2 is 1.46 bits per heavy atom. The molecule has 0 radical (unpaired) electrons. The number of nitriles is 2. The maximum atomic E-state index is 13.9. The largest absolute Gasteiger partial charge is 0.424 e. The van der Waals surface area contributed by atoms with E-state index in [2.05, 4.69) is 9.97 Å². The summed E-state index contributed by atoms with van der Waals surface area (Å²) in [5, 5.41) is 19.9. The van der Waals surface area contributed by atoms with Gasteiger partial charge < -0.3 is 9.47 Å². The number of thioether (sulfide) groups is 4. The molecule has 0 unspecified atom stereocenters. The number of nitrogens with zero attached hydrogens (tertiary/aromatic N) is 5. The van der Waals surface area contributed by atoms with Gasteiger partial charge in [-0.05, 0) is 25.0 Å². The van der Waals surface area contributed by atoms with Crippen LogP contribution in [0.1, 0.15) is 42.5 Å². The minimum Gasteiger partial charge on any atom is -0.424 e. The number of carbonyl (C=O) groups excluding carboxylic acids is 3. The molecule has 3 aliphatic rings. The number of nitrogens with one attached hydrogen (secondary N) is 1. The predicted molar refractivity (Wildman–Crippen MR) is 181 cm³/mol. The van der Waals surface area contributed by atoms with E-state index < -0.39 is 34.5 Å². The first kappa shape index (κ1) is 33.1. The van der Waals surface area contributed by atoms with Crippen molar-refractivity contribution in [2.45, 2.75) is 47.3 Å². The predicted octanol–water partition coefficient (Wildman–Crippen LogP) is 2.80. The number of ether oxygens (including phenoxy) is 2. The van der Waals surface area contributed by atoms with Gasteiger partial charge in [0.05, 0.1) is 50.5 Å². The first-order chi connectivity index (χ1) is 23.9. The number of aromatic amines is 1. The highest BCUT2D eigenvalue weighted by atomic mass is 32.2. The lowest BCUT2D eigenvalue weighted by Crippen LogP contribution is -2.51. The van der Waals surface area contributed by atoms with Gasteiger partial charge in [0.1, 0.15) is 23.9 Å². The molecule has 6 heterocycles. The molecular weight excluding hydrogens is 725 g/mol. The minimum atomic E-state index is -0.712. The van der Waals surface area contributed by atoms with Gasteiger partial charge in [0.2, 0.25) is 0 Å². The SMILES string of the molecule is CC(=O)Oc1c2c(c(OC(C)=O)c3c1SC(=c1c(C)c(C#N)c4nccc(=O)n4c1=O)S3)SC(=C1C(C)=C(C#N)C(=O)[n+]3ccc(=O)[nH]c31)S2. The molecule has 1 N–H and O–H groups in total. The van der Waals surface area contributed by atoms with E-state index in [1.807, 2.05) is 12.1 Å². The summed E-state index contributed by atoms with van der Waals surface area (Å²) in [6, 6.07) is 6.25. The number of allylic oxidation sites excluding steroid dienone is 3. The lowest BCUT2D eigenvalue weighted by molar-refractivity contribution is -0.578. The van der Waals surface area contributed by atoms with Crippen LogP contribution in [0.2, 0.25) is 0 Å². The van der Waals surface area contributed by atoms with Crippen LogP contribution in [0, 0.1) is 29.6 Å². The highest BCUT2D eigenvalue weighted by Crippen LogP contribution is 2.69. The van der Waals surface area contributed by atoms with E-state index in [4.69, 9.17) is 9.47 Å². The van der Waals surface area contributed by atoms with Gasteiger partial charge in [-0.15, -0.1) is 0 Å². The topological polar surface area (TPSA) is 205 Å². The van der Waals surface area contributed by atoms with Crippen molar-refractivity contribution in [3.63, 3.8) is 0 Å². The van der Waals surface area contributed by atoms with Crippen molar-refractivity contribution < 1.29 is 28.4 Å². The lowest BCUT2D eigenvalue weighted by Gasteiger charge is -2.16. The average Bonchev–Trinajstić information content (AvgIpc) is 3.68. The van der Waals surface area contributed by atoms with Crippen LogP contribution in [0.25, 0.3) is 15.5 Å². The normalized spacial score (nSPS) is 14.7. The van der Waals surface area contributed by atoms with Gasteiger partial charge in [0, 0.05) is 26.1 Å². The van der Waals surface area contributed by atoms with E-state index in [1.54, 1.807) is 13.8 Å². The monoisotopic (exact) mass is 741 g/mol. The molecule has 0 atom stereocenters. The molecule has 246 valence electrons. The van der Waals surface area contributed by atoms with Crippen LogP contribution in [0.15, 0.2) is 73.9 Å². The van der Waals surface area contributed by atoms with Crippen molar-refractivity contribution in [2.24, 2.45) is 0 Å². The number of H-pyrrole nitrogens is 1. The molecular formula is C32H17N6O8S4+. The lowest BCUT2D eigenvalue weighted by atomic mass is 9.98. The maximum Gasteiger partial charge on any atom is 0.356 e. The van der Waals surface area contributed by atoms with Crippen molar-refractivity contribution in [1.29, 1.82) is 10.5 Å². The molecule has 0 aliphatic carbocycles. The van der Waals surface area contributed by atoms with Gasteiger partial charge in [-0.1, -0.05) is 47.0 Å². The van der Waals surface area contributed by atoms with Crippen molar-refractivity contribution in [3.8, 4) is 23.6 Å². The van der Waals surface area contributed by atoms with E-state index in [9.17, 15) is 39.3 Å². The van der Waals surface area contributed by atoms with Crippen LogP contribution >= 0.6 is 47.0 Å². The molecule has 7 rings (SSSR count). The Labute approximate surface area is 296 Å². The number of rotatable bonds is 2. The fourth-order valence-corrected chi connectivity index (χ4v) is 11.3.